The molecule has 0 bridgehead atoms. The van der Waals surface area contributed by atoms with Crippen molar-refractivity contribution in [3.05, 3.63) is 5.69 Å². The van der Waals surface area contributed by atoms with Gasteiger partial charge in [0, 0.05) is 20.6 Å². The SMILES string of the molecule is Cc1c(S(=O)(=O)N(C)CC2CC(O)C2)c(N)nn1C. The molecule has 1 aromatic rings. The summed E-state index contributed by atoms with van der Waals surface area (Å²) in [5, 5.41) is 13.2. The molecular weight excluding hydrogens is 268 g/mol. The number of aryl methyl sites for hydroxylation is 1. The highest BCUT2D eigenvalue weighted by Gasteiger charge is 2.34. The van der Waals surface area contributed by atoms with Crippen LogP contribution < -0.4 is 5.73 Å². The lowest BCUT2D eigenvalue weighted by Gasteiger charge is -2.34. The third kappa shape index (κ3) is 2.47. The molecule has 7 nitrogen and oxygen atoms in total. The normalized spacial score (nSPS) is 23.6. The van der Waals surface area contributed by atoms with E-state index in [1.54, 1.807) is 14.0 Å². The van der Waals surface area contributed by atoms with E-state index in [2.05, 4.69) is 5.10 Å². The summed E-state index contributed by atoms with van der Waals surface area (Å²) in [4.78, 5) is 0.0809. The van der Waals surface area contributed by atoms with Gasteiger partial charge in [0.1, 0.15) is 4.90 Å². The van der Waals surface area contributed by atoms with E-state index in [0.717, 1.165) is 0 Å². The Balaban J connectivity index is 2.21. The third-order valence-electron chi connectivity index (χ3n) is 3.70. The average molecular weight is 288 g/mol. The van der Waals surface area contributed by atoms with Crippen LogP contribution in [-0.2, 0) is 17.1 Å². The molecule has 0 aromatic carbocycles. The Kier molecular flexibility index (Phi) is 3.59. The number of sulfonamides is 1. The molecule has 1 saturated carbocycles. The van der Waals surface area contributed by atoms with Crippen LogP contribution in [0.5, 0.6) is 0 Å². The van der Waals surface area contributed by atoms with E-state index in [1.165, 1.54) is 16.0 Å². The fourth-order valence-corrected chi connectivity index (χ4v) is 3.93. The van der Waals surface area contributed by atoms with E-state index in [9.17, 15) is 13.5 Å². The Labute approximate surface area is 113 Å². The lowest BCUT2D eigenvalue weighted by Crippen LogP contribution is -2.39. The molecule has 0 radical (unpaired) electrons. The maximum atomic E-state index is 12.5. The maximum Gasteiger partial charge on any atom is 0.248 e. The summed E-state index contributed by atoms with van der Waals surface area (Å²) >= 11 is 0. The van der Waals surface area contributed by atoms with Crippen LogP contribution in [0.2, 0.25) is 0 Å². The van der Waals surface area contributed by atoms with Crippen LogP contribution in [0.1, 0.15) is 18.5 Å². The van der Waals surface area contributed by atoms with E-state index in [-0.39, 0.29) is 22.7 Å². The molecule has 0 atom stereocenters. The van der Waals surface area contributed by atoms with Crippen LogP contribution in [0.4, 0.5) is 5.82 Å². The van der Waals surface area contributed by atoms with Gasteiger partial charge in [-0.05, 0) is 25.7 Å². The second-order valence-corrected chi connectivity index (χ2v) is 7.18. The van der Waals surface area contributed by atoms with Gasteiger partial charge in [-0.25, -0.2) is 12.7 Å². The van der Waals surface area contributed by atoms with Gasteiger partial charge in [0.2, 0.25) is 10.0 Å². The number of rotatable bonds is 4. The molecule has 0 spiro atoms. The minimum Gasteiger partial charge on any atom is -0.393 e. The first-order valence-electron chi connectivity index (χ1n) is 6.17. The lowest BCUT2D eigenvalue weighted by molar-refractivity contribution is 0.0367. The summed E-state index contributed by atoms with van der Waals surface area (Å²) in [5.41, 5.74) is 6.21. The van der Waals surface area contributed by atoms with Gasteiger partial charge in [-0.1, -0.05) is 0 Å². The second-order valence-electron chi connectivity index (χ2n) is 5.20. The number of aromatic nitrogens is 2. The third-order valence-corrected chi connectivity index (χ3v) is 5.69. The molecule has 1 aromatic heterocycles. The molecule has 1 aliphatic carbocycles. The predicted octanol–water partition coefficient (Wildman–Crippen LogP) is -0.298. The minimum atomic E-state index is -3.62. The fraction of sp³-hybridized carbons (Fsp3) is 0.727. The monoisotopic (exact) mass is 288 g/mol. The first-order valence-corrected chi connectivity index (χ1v) is 7.61. The number of nitrogens with zero attached hydrogens (tertiary/aromatic N) is 3. The highest BCUT2D eigenvalue weighted by atomic mass is 32.2. The summed E-state index contributed by atoms with van der Waals surface area (Å²) in [7, 11) is -0.432. The molecule has 3 N–H and O–H groups in total. The zero-order chi connectivity index (χ0) is 14.4. The first-order chi connectivity index (χ1) is 8.73. The minimum absolute atomic E-state index is 0.0282. The Bertz CT molecular complexity index is 575. The summed E-state index contributed by atoms with van der Waals surface area (Å²) in [5.74, 6) is 0.244. The van der Waals surface area contributed by atoms with Crippen molar-refractivity contribution in [3.63, 3.8) is 0 Å². The molecule has 108 valence electrons. The van der Waals surface area contributed by atoms with Crippen molar-refractivity contribution in [2.75, 3.05) is 19.3 Å². The molecule has 1 fully saturated rings. The van der Waals surface area contributed by atoms with Crippen LogP contribution in [0.3, 0.4) is 0 Å². The molecule has 0 amide bonds. The van der Waals surface area contributed by atoms with Crippen molar-refractivity contribution in [2.24, 2.45) is 13.0 Å². The van der Waals surface area contributed by atoms with Crippen LogP contribution in [-0.4, -0.2) is 47.3 Å². The van der Waals surface area contributed by atoms with Gasteiger partial charge in [0.15, 0.2) is 5.82 Å². The van der Waals surface area contributed by atoms with Crippen LogP contribution in [0, 0.1) is 12.8 Å². The van der Waals surface area contributed by atoms with Crippen molar-refractivity contribution in [1.82, 2.24) is 14.1 Å². The number of aliphatic hydroxyl groups is 1. The molecule has 2 rings (SSSR count). The first kappa shape index (κ1) is 14.3. The molecule has 0 unspecified atom stereocenters. The lowest BCUT2D eigenvalue weighted by atomic mass is 9.82. The van der Waals surface area contributed by atoms with Gasteiger partial charge < -0.3 is 10.8 Å². The Morgan fingerprint density at radius 2 is 2.11 bits per heavy atom. The average Bonchev–Trinajstić information content (AvgIpc) is 2.50. The summed E-state index contributed by atoms with van der Waals surface area (Å²) in [6, 6.07) is 0. The topological polar surface area (TPSA) is 101 Å². The number of anilines is 1. The Morgan fingerprint density at radius 3 is 2.53 bits per heavy atom. The van der Waals surface area contributed by atoms with Crippen LogP contribution in [0.25, 0.3) is 0 Å². The van der Waals surface area contributed by atoms with Crippen molar-refractivity contribution >= 4 is 15.8 Å². The molecular formula is C11H20N4O3S. The largest absolute Gasteiger partial charge is 0.393 e. The van der Waals surface area contributed by atoms with E-state index in [1.807, 2.05) is 0 Å². The summed E-state index contributed by atoms with van der Waals surface area (Å²) in [6.07, 6.45) is 1.02. The van der Waals surface area contributed by atoms with E-state index < -0.39 is 10.0 Å². The maximum absolute atomic E-state index is 12.5. The highest BCUT2D eigenvalue weighted by molar-refractivity contribution is 7.89. The van der Waals surface area contributed by atoms with E-state index in [4.69, 9.17) is 5.73 Å². The van der Waals surface area contributed by atoms with Gasteiger partial charge in [-0.3, -0.25) is 4.68 Å². The fourth-order valence-electron chi connectivity index (χ4n) is 2.40. The van der Waals surface area contributed by atoms with Gasteiger partial charge >= 0.3 is 0 Å². The molecule has 0 aliphatic heterocycles. The number of nitrogen functional groups attached to an aromatic ring is 1. The second kappa shape index (κ2) is 4.77. The predicted molar refractivity (Wildman–Crippen MR) is 70.9 cm³/mol. The number of nitrogens with two attached hydrogens (primary N) is 1. The molecule has 1 heterocycles. The van der Waals surface area contributed by atoms with Crippen LogP contribution >= 0.6 is 0 Å². The van der Waals surface area contributed by atoms with Gasteiger partial charge in [0.25, 0.3) is 0 Å². The Hall–Kier alpha value is -1.12. The standard InChI is InChI=1S/C11H20N4O3S/c1-7-10(11(12)13-15(7)3)19(17,18)14(2)6-8-4-9(16)5-8/h8-9,16H,4-6H2,1-3H3,(H2,12,13). The molecule has 0 saturated heterocycles. The number of hydrogen-bond acceptors (Lipinski definition) is 5. The summed E-state index contributed by atoms with van der Waals surface area (Å²) in [6.45, 7) is 2.07. The van der Waals surface area contributed by atoms with Crippen molar-refractivity contribution in [3.8, 4) is 0 Å². The number of hydrogen-bond donors (Lipinski definition) is 2. The molecule has 1 aliphatic rings. The summed E-state index contributed by atoms with van der Waals surface area (Å²) < 4.78 is 27.7. The van der Waals surface area contributed by atoms with Gasteiger partial charge in [-0.15, -0.1) is 0 Å². The molecule has 19 heavy (non-hydrogen) atoms. The van der Waals surface area contributed by atoms with E-state index >= 15 is 0 Å². The zero-order valence-electron chi connectivity index (χ0n) is 11.4. The number of aliphatic hydroxyl groups excluding tert-OH is 1. The Morgan fingerprint density at radius 1 is 1.53 bits per heavy atom. The van der Waals surface area contributed by atoms with Crippen molar-refractivity contribution < 1.29 is 13.5 Å². The van der Waals surface area contributed by atoms with Crippen molar-refractivity contribution in [1.29, 1.82) is 0 Å². The van der Waals surface area contributed by atoms with Gasteiger partial charge in [-0.2, -0.15) is 5.10 Å². The molecule has 8 heteroatoms. The quantitative estimate of drug-likeness (QED) is 0.792. The zero-order valence-corrected chi connectivity index (χ0v) is 12.2. The van der Waals surface area contributed by atoms with Crippen LogP contribution in [0.15, 0.2) is 4.90 Å². The smallest absolute Gasteiger partial charge is 0.248 e. The van der Waals surface area contributed by atoms with E-state index in [0.29, 0.717) is 25.1 Å². The van der Waals surface area contributed by atoms with Crippen molar-refractivity contribution in [2.45, 2.75) is 30.8 Å². The van der Waals surface area contributed by atoms with Gasteiger partial charge in [0.05, 0.1) is 11.8 Å². The highest BCUT2D eigenvalue weighted by Crippen LogP contribution is 2.30.